The van der Waals surface area contributed by atoms with Crippen LogP contribution in [0.15, 0.2) is 29.8 Å². The SMILES string of the molecule is Nc1nc2cc(Cl)cnc2n1Cc1cccs1. The van der Waals surface area contributed by atoms with Gasteiger partial charge in [-0.3, -0.25) is 4.57 Å². The molecule has 0 saturated heterocycles. The molecule has 0 fully saturated rings. The number of nitrogens with zero attached hydrogens (tertiary/aromatic N) is 3. The summed E-state index contributed by atoms with van der Waals surface area (Å²) in [6, 6.07) is 5.84. The van der Waals surface area contributed by atoms with E-state index >= 15 is 0 Å². The number of anilines is 1. The van der Waals surface area contributed by atoms with Gasteiger partial charge in [0.15, 0.2) is 5.65 Å². The zero-order valence-corrected chi connectivity index (χ0v) is 10.4. The highest BCUT2D eigenvalue weighted by molar-refractivity contribution is 7.09. The van der Waals surface area contributed by atoms with Gasteiger partial charge in [0.25, 0.3) is 0 Å². The summed E-state index contributed by atoms with van der Waals surface area (Å²) < 4.78 is 1.89. The van der Waals surface area contributed by atoms with Gasteiger partial charge < -0.3 is 5.73 Å². The van der Waals surface area contributed by atoms with Crippen LogP contribution in [0.3, 0.4) is 0 Å². The quantitative estimate of drug-likeness (QED) is 0.774. The average molecular weight is 265 g/mol. The molecular formula is C11H9ClN4S. The molecule has 0 atom stereocenters. The topological polar surface area (TPSA) is 56.7 Å². The van der Waals surface area contributed by atoms with Crippen molar-refractivity contribution in [1.29, 1.82) is 0 Å². The fourth-order valence-corrected chi connectivity index (χ4v) is 2.56. The van der Waals surface area contributed by atoms with Gasteiger partial charge in [-0.2, -0.15) is 0 Å². The van der Waals surface area contributed by atoms with Crippen LogP contribution in [-0.4, -0.2) is 14.5 Å². The summed E-state index contributed by atoms with van der Waals surface area (Å²) >= 11 is 7.56. The van der Waals surface area contributed by atoms with Crippen LogP contribution < -0.4 is 5.73 Å². The van der Waals surface area contributed by atoms with Crippen LogP contribution in [0.25, 0.3) is 11.2 Å². The molecular weight excluding hydrogens is 256 g/mol. The van der Waals surface area contributed by atoms with Gasteiger partial charge in [-0.05, 0) is 17.5 Å². The first-order valence-electron chi connectivity index (χ1n) is 5.03. The minimum Gasteiger partial charge on any atom is -0.369 e. The number of hydrogen-bond acceptors (Lipinski definition) is 4. The predicted molar refractivity (Wildman–Crippen MR) is 70.4 cm³/mol. The van der Waals surface area contributed by atoms with Gasteiger partial charge in [0.05, 0.1) is 11.6 Å². The average Bonchev–Trinajstić information content (AvgIpc) is 2.88. The number of nitrogens with two attached hydrogens (primary N) is 1. The highest BCUT2D eigenvalue weighted by atomic mass is 35.5. The zero-order chi connectivity index (χ0) is 11.8. The fraction of sp³-hybridized carbons (Fsp3) is 0.0909. The van der Waals surface area contributed by atoms with Crippen molar-refractivity contribution in [1.82, 2.24) is 14.5 Å². The van der Waals surface area contributed by atoms with E-state index in [-0.39, 0.29) is 0 Å². The number of halogens is 1. The lowest BCUT2D eigenvalue weighted by Gasteiger charge is -2.03. The summed E-state index contributed by atoms with van der Waals surface area (Å²) in [5.41, 5.74) is 7.39. The number of rotatable bonds is 2. The zero-order valence-electron chi connectivity index (χ0n) is 8.80. The van der Waals surface area contributed by atoms with Crippen molar-refractivity contribution in [3.05, 3.63) is 39.7 Å². The molecule has 3 heterocycles. The second-order valence-corrected chi connectivity index (χ2v) is 5.10. The minimum atomic E-state index is 0.461. The van der Waals surface area contributed by atoms with Crippen molar-refractivity contribution < 1.29 is 0 Å². The number of aromatic nitrogens is 3. The maximum atomic E-state index is 5.89. The molecule has 0 saturated carbocycles. The molecule has 17 heavy (non-hydrogen) atoms. The van der Waals surface area contributed by atoms with E-state index in [4.69, 9.17) is 17.3 Å². The Morgan fingerprint density at radius 1 is 1.47 bits per heavy atom. The maximum Gasteiger partial charge on any atom is 0.202 e. The van der Waals surface area contributed by atoms with Crippen molar-refractivity contribution in [2.45, 2.75) is 6.54 Å². The van der Waals surface area contributed by atoms with Crippen LogP contribution in [-0.2, 0) is 6.54 Å². The van der Waals surface area contributed by atoms with Gasteiger partial charge in [0, 0.05) is 11.1 Å². The summed E-state index contributed by atoms with van der Waals surface area (Å²) in [7, 11) is 0. The van der Waals surface area contributed by atoms with E-state index in [9.17, 15) is 0 Å². The van der Waals surface area contributed by atoms with Crippen molar-refractivity contribution in [3.8, 4) is 0 Å². The fourth-order valence-electron chi connectivity index (χ4n) is 1.72. The van der Waals surface area contributed by atoms with Crippen molar-refractivity contribution >= 4 is 40.0 Å². The van der Waals surface area contributed by atoms with Crippen LogP contribution in [0.1, 0.15) is 4.88 Å². The molecule has 0 aliphatic carbocycles. The molecule has 0 aromatic carbocycles. The maximum absolute atomic E-state index is 5.89. The molecule has 3 aromatic rings. The van der Waals surface area contributed by atoms with Crippen molar-refractivity contribution in [3.63, 3.8) is 0 Å². The van der Waals surface area contributed by atoms with Gasteiger partial charge in [0.2, 0.25) is 5.95 Å². The first-order chi connectivity index (χ1) is 8.24. The molecule has 3 aromatic heterocycles. The second-order valence-electron chi connectivity index (χ2n) is 3.63. The predicted octanol–water partition coefficient (Wildman–Crippen LogP) is 2.78. The summed E-state index contributed by atoms with van der Waals surface area (Å²) in [5, 5.41) is 2.60. The highest BCUT2D eigenvalue weighted by Gasteiger charge is 2.10. The van der Waals surface area contributed by atoms with Crippen LogP contribution in [0, 0.1) is 0 Å². The molecule has 4 nitrogen and oxygen atoms in total. The highest BCUT2D eigenvalue weighted by Crippen LogP contribution is 2.21. The van der Waals surface area contributed by atoms with Gasteiger partial charge in [-0.1, -0.05) is 17.7 Å². The standard InChI is InChI=1S/C11H9ClN4S/c12-7-4-9-10(14-5-7)16(11(13)15-9)6-8-2-1-3-17-8/h1-5H,6H2,(H2,13,15). The summed E-state index contributed by atoms with van der Waals surface area (Å²) in [6.45, 7) is 0.689. The lowest BCUT2D eigenvalue weighted by molar-refractivity contribution is 0.841. The number of nitrogen functional groups attached to an aromatic ring is 1. The van der Waals surface area contributed by atoms with E-state index in [0.29, 0.717) is 17.5 Å². The van der Waals surface area contributed by atoms with Crippen LogP contribution >= 0.6 is 22.9 Å². The van der Waals surface area contributed by atoms with Gasteiger partial charge in [-0.15, -0.1) is 11.3 Å². The first kappa shape index (κ1) is 10.6. The number of hydrogen-bond donors (Lipinski definition) is 1. The first-order valence-corrected chi connectivity index (χ1v) is 6.29. The van der Waals surface area contributed by atoms with E-state index < -0.39 is 0 Å². The Kier molecular flexibility index (Phi) is 2.49. The third kappa shape index (κ3) is 1.87. The second kappa shape index (κ2) is 4.01. The molecule has 6 heteroatoms. The third-order valence-electron chi connectivity index (χ3n) is 2.48. The van der Waals surface area contributed by atoms with E-state index in [1.165, 1.54) is 4.88 Å². The lowest BCUT2D eigenvalue weighted by Crippen LogP contribution is -2.04. The molecule has 0 radical (unpaired) electrons. The Morgan fingerprint density at radius 3 is 3.12 bits per heavy atom. The lowest BCUT2D eigenvalue weighted by atomic mass is 10.4. The van der Waals surface area contributed by atoms with E-state index in [1.807, 2.05) is 16.0 Å². The smallest absolute Gasteiger partial charge is 0.202 e. The Morgan fingerprint density at radius 2 is 2.35 bits per heavy atom. The largest absolute Gasteiger partial charge is 0.369 e. The monoisotopic (exact) mass is 264 g/mol. The number of fused-ring (bicyclic) bond motifs is 1. The minimum absolute atomic E-state index is 0.461. The molecule has 0 amide bonds. The van der Waals surface area contributed by atoms with Crippen molar-refractivity contribution in [2.75, 3.05) is 5.73 Å². The molecule has 0 aliphatic heterocycles. The Bertz CT molecular complexity index is 659. The number of thiophene rings is 1. The van der Waals surface area contributed by atoms with E-state index in [2.05, 4.69) is 16.0 Å². The number of imidazole rings is 1. The third-order valence-corrected chi connectivity index (χ3v) is 3.54. The van der Waals surface area contributed by atoms with Gasteiger partial charge in [0.1, 0.15) is 5.52 Å². The number of pyridine rings is 1. The normalized spacial score (nSPS) is 11.1. The van der Waals surface area contributed by atoms with Crippen LogP contribution in [0.4, 0.5) is 5.95 Å². The Hall–Kier alpha value is -1.59. The van der Waals surface area contributed by atoms with Crippen LogP contribution in [0.2, 0.25) is 5.02 Å². The molecule has 0 unspecified atom stereocenters. The summed E-state index contributed by atoms with van der Waals surface area (Å²) in [5.74, 6) is 0.461. The van der Waals surface area contributed by atoms with E-state index in [0.717, 1.165) is 11.2 Å². The molecule has 0 bridgehead atoms. The molecule has 2 N–H and O–H groups in total. The molecule has 86 valence electrons. The molecule has 0 spiro atoms. The van der Waals surface area contributed by atoms with Crippen LogP contribution in [0.5, 0.6) is 0 Å². The summed E-state index contributed by atoms with van der Waals surface area (Å²) in [4.78, 5) is 9.74. The molecule has 0 aliphatic rings. The van der Waals surface area contributed by atoms with Gasteiger partial charge >= 0.3 is 0 Å². The Labute approximate surface area is 107 Å². The van der Waals surface area contributed by atoms with Gasteiger partial charge in [-0.25, -0.2) is 9.97 Å². The van der Waals surface area contributed by atoms with Crippen molar-refractivity contribution in [2.24, 2.45) is 0 Å². The molecule has 3 rings (SSSR count). The summed E-state index contributed by atoms with van der Waals surface area (Å²) in [6.07, 6.45) is 1.61. The Balaban J connectivity index is 2.12. The van der Waals surface area contributed by atoms with E-state index in [1.54, 1.807) is 23.6 Å².